The third-order valence-electron chi connectivity index (χ3n) is 1.47. The van der Waals surface area contributed by atoms with Crippen molar-refractivity contribution >= 4 is 17.7 Å². The lowest BCUT2D eigenvalue weighted by Gasteiger charge is -2.11. The lowest BCUT2D eigenvalue weighted by Crippen LogP contribution is -2.19. The molecule has 0 amide bonds. The number of carbonyl (C=O) groups excluding carboxylic acids is 1. The summed E-state index contributed by atoms with van der Waals surface area (Å²) < 4.78 is 5.05. The normalized spacial score (nSPS) is 12.2. The van der Waals surface area contributed by atoms with Gasteiger partial charge in [0.05, 0.1) is 17.9 Å². The maximum absolute atomic E-state index is 11.3. The van der Waals surface area contributed by atoms with Crippen LogP contribution in [0.5, 0.6) is 0 Å². The maximum atomic E-state index is 11.3. The van der Waals surface area contributed by atoms with Crippen LogP contribution in [-0.2, 0) is 9.53 Å². The molecular weight excluding hydrogens is 198 g/mol. The summed E-state index contributed by atoms with van der Waals surface area (Å²) in [6, 6.07) is 2.04. The Kier molecular flexibility index (Phi) is 7.31. The van der Waals surface area contributed by atoms with Gasteiger partial charge >= 0.3 is 5.97 Å². The van der Waals surface area contributed by atoms with Crippen LogP contribution in [0, 0.1) is 17.2 Å². The Morgan fingerprint density at radius 1 is 1.50 bits per heavy atom. The Morgan fingerprint density at radius 3 is 2.64 bits per heavy atom. The SMILES string of the molecule is CC(C)COC(=O)C(C)SCCC#N. The maximum Gasteiger partial charge on any atom is 0.318 e. The van der Waals surface area contributed by atoms with Crippen LogP contribution in [0.15, 0.2) is 0 Å². The number of thioether (sulfide) groups is 1. The quantitative estimate of drug-likeness (QED) is 0.503. The van der Waals surface area contributed by atoms with Gasteiger partial charge in [0.15, 0.2) is 0 Å². The van der Waals surface area contributed by atoms with E-state index in [1.807, 2.05) is 26.8 Å². The fourth-order valence-corrected chi connectivity index (χ4v) is 1.48. The molecule has 14 heavy (non-hydrogen) atoms. The van der Waals surface area contributed by atoms with Crippen LogP contribution in [-0.4, -0.2) is 23.6 Å². The molecule has 0 N–H and O–H groups in total. The first-order valence-corrected chi connectivity index (χ1v) is 5.78. The lowest BCUT2D eigenvalue weighted by atomic mass is 10.2. The minimum Gasteiger partial charge on any atom is -0.465 e. The second-order valence-electron chi connectivity index (χ2n) is 3.45. The Hall–Kier alpha value is -0.690. The highest BCUT2D eigenvalue weighted by Gasteiger charge is 2.14. The number of esters is 1. The van der Waals surface area contributed by atoms with Crippen LogP contribution in [0.1, 0.15) is 27.2 Å². The zero-order valence-corrected chi connectivity index (χ0v) is 9.76. The van der Waals surface area contributed by atoms with Crippen molar-refractivity contribution in [1.29, 1.82) is 5.26 Å². The Morgan fingerprint density at radius 2 is 2.14 bits per heavy atom. The number of nitrogens with zero attached hydrogens (tertiary/aromatic N) is 1. The number of hydrogen-bond acceptors (Lipinski definition) is 4. The summed E-state index contributed by atoms with van der Waals surface area (Å²) in [6.45, 7) is 6.29. The number of nitriles is 1. The highest BCUT2D eigenvalue weighted by Crippen LogP contribution is 2.13. The highest BCUT2D eigenvalue weighted by molar-refractivity contribution is 8.00. The third-order valence-corrected chi connectivity index (χ3v) is 2.60. The average molecular weight is 215 g/mol. The molecule has 0 radical (unpaired) electrons. The molecule has 0 aliphatic carbocycles. The largest absolute Gasteiger partial charge is 0.465 e. The van der Waals surface area contributed by atoms with Crippen LogP contribution >= 0.6 is 11.8 Å². The molecule has 0 aliphatic heterocycles. The van der Waals surface area contributed by atoms with Crippen LogP contribution in [0.2, 0.25) is 0 Å². The highest BCUT2D eigenvalue weighted by atomic mass is 32.2. The smallest absolute Gasteiger partial charge is 0.318 e. The predicted molar refractivity (Wildman–Crippen MR) is 57.9 cm³/mol. The molecule has 0 rings (SSSR count). The summed E-state index contributed by atoms with van der Waals surface area (Å²) in [5.74, 6) is 0.881. The van der Waals surface area contributed by atoms with E-state index in [1.165, 1.54) is 11.8 Å². The van der Waals surface area contributed by atoms with Crippen molar-refractivity contribution in [3.8, 4) is 6.07 Å². The summed E-state index contributed by atoms with van der Waals surface area (Å²) in [6.07, 6.45) is 0.479. The molecule has 3 nitrogen and oxygen atoms in total. The second-order valence-corrected chi connectivity index (χ2v) is 4.89. The molecule has 4 heteroatoms. The van der Waals surface area contributed by atoms with Gasteiger partial charge in [-0.15, -0.1) is 11.8 Å². The summed E-state index contributed by atoms with van der Waals surface area (Å²) in [5, 5.41) is 8.15. The van der Waals surface area contributed by atoms with E-state index in [4.69, 9.17) is 10.00 Å². The minimum atomic E-state index is -0.179. The van der Waals surface area contributed by atoms with E-state index in [9.17, 15) is 4.79 Å². The van der Waals surface area contributed by atoms with Gasteiger partial charge in [0, 0.05) is 12.2 Å². The van der Waals surface area contributed by atoms with E-state index in [2.05, 4.69) is 0 Å². The third kappa shape index (κ3) is 6.79. The van der Waals surface area contributed by atoms with Crippen LogP contribution < -0.4 is 0 Å². The van der Waals surface area contributed by atoms with E-state index < -0.39 is 0 Å². The van der Waals surface area contributed by atoms with Crippen LogP contribution in [0.25, 0.3) is 0 Å². The molecule has 0 saturated carbocycles. The zero-order valence-electron chi connectivity index (χ0n) is 8.95. The van der Waals surface area contributed by atoms with Crippen LogP contribution in [0.4, 0.5) is 0 Å². The molecule has 80 valence electrons. The molecule has 0 spiro atoms. The van der Waals surface area contributed by atoms with Gasteiger partial charge in [0.25, 0.3) is 0 Å². The first-order valence-electron chi connectivity index (χ1n) is 4.73. The lowest BCUT2D eigenvalue weighted by molar-refractivity contribution is -0.143. The van der Waals surface area contributed by atoms with Gasteiger partial charge < -0.3 is 4.74 Å². The molecule has 0 aromatic carbocycles. The number of carbonyl (C=O) groups is 1. The van der Waals surface area contributed by atoms with Crippen molar-refractivity contribution in [1.82, 2.24) is 0 Å². The van der Waals surface area contributed by atoms with Crippen molar-refractivity contribution < 1.29 is 9.53 Å². The fourth-order valence-electron chi connectivity index (χ4n) is 0.716. The van der Waals surface area contributed by atoms with Gasteiger partial charge in [0.1, 0.15) is 0 Å². The van der Waals surface area contributed by atoms with Gasteiger partial charge in [0.2, 0.25) is 0 Å². The Bertz CT molecular complexity index is 211. The molecule has 1 unspecified atom stereocenters. The molecule has 0 aromatic heterocycles. The zero-order chi connectivity index (χ0) is 11.0. The van der Waals surface area contributed by atoms with Gasteiger partial charge in [-0.2, -0.15) is 5.26 Å². The summed E-state index contributed by atoms with van der Waals surface area (Å²) in [4.78, 5) is 11.3. The van der Waals surface area contributed by atoms with Crippen molar-refractivity contribution in [3.63, 3.8) is 0 Å². The molecule has 0 fully saturated rings. The predicted octanol–water partition coefficient (Wildman–Crippen LogP) is 2.22. The van der Waals surface area contributed by atoms with Gasteiger partial charge in [-0.05, 0) is 12.8 Å². The topological polar surface area (TPSA) is 50.1 Å². The molecule has 0 saturated heterocycles. The summed E-state index contributed by atoms with van der Waals surface area (Å²) >= 11 is 1.46. The fraction of sp³-hybridized carbons (Fsp3) is 0.800. The average Bonchev–Trinajstić information content (AvgIpc) is 2.14. The standard InChI is InChI=1S/C10H17NO2S/c1-8(2)7-13-10(12)9(3)14-6-4-5-11/h8-9H,4,6-7H2,1-3H3. The molecule has 0 bridgehead atoms. The van der Waals surface area contributed by atoms with Crippen molar-refractivity contribution in [2.45, 2.75) is 32.4 Å². The summed E-state index contributed by atoms with van der Waals surface area (Å²) in [5.41, 5.74) is 0. The van der Waals surface area contributed by atoms with Crippen LogP contribution in [0.3, 0.4) is 0 Å². The van der Waals surface area contributed by atoms with Crippen molar-refractivity contribution in [2.24, 2.45) is 5.92 Å². The summed E-state index contributed by atoms with van der Waals surface area (Å²) in [7, 11) is 0. The second kappa shape index (κ2) is 7.69. The van der Waals surface area contributed by atoms with Gasteiger partial charge in [-0.1, -0.05) is 13.8 Å². The molecule has 0 aromatic rings. The monoisotopic (exact) mass is 215 g/mol. The first-order chi connectivity index (χ1) is 6.57. The minimum absolute atomic E-state index is 0.165. The molecular formula is C10H17NO2S. The Balaban J connectivity index is 3.61. The Labute approximate surface area is 89.8 Å². The van der Waals surface area contributed by atoms with E-state index in [0.29, 0.717) is 24.7 Å². The number of ether oxygens (including phenoxy) is 1. The van der Waals surface area contributed by atoms with E-state index in [1.54, 1.807) is 0 Å². The molecule has 0 aliphatic rings. The molecule has 1 atom stereocenters. The molecule has 0 heterocycles. The van der Waals surface area contributed by atoms with Gasteiger partial charge in [-0.25, -0.2) is 0 Å². The van der Waals surface area contributed by atoms with E-state index in [-0.39, 0.29) is 11.2 Å². The van der Waals surface area contributed by atoms with Gasteiger partial charge in [-0.3, -0.25) is 4.79 Å². The first kappa shape index (κ1) is 13.3. The van der Waals surface area contributed by atoms with E-state index in [0.717, 1.165) is 0 Å². The van der Waals surface area contributed by atoms with E-state index >= 15 is 0 Å². The van der Waals surface area contributed by atoms with Crippen molar-refractivity contribution in [3.05, 3.63) is 0 Å². The van der Waals surface area contributed by atoms with Crippen molar-refractivity contribution in [2.75, 3.05) is 12.4 Å². The number of rotatable bonds is 6. The number of hydrogen-bond donors (Lipinski definition) is 0.